The first-order chi connectivity index (χ1) is 15.6. The van der Waals surface area contributed by atoms with Gasteiger partial charge in [-0.25, -0.2) is 4.98 Å². The van der Waals surface area contributed by atoms with Crippen molar-refractivity contribution in [3.63, 3.8) is 0 Å². The molecule has 2 aromatic heterocycles. The molecule has 3 aromatic rings. The number of piperidine rings is 1. The van der Waals surface area contributed by atoms with Gasteiger partial charge < -0.3 is 10.2 Å². The van der Waals surface area contributed by atoms with Gasteiger partial charge in [0.1, 0.15) is 5.69 Å². The summed E-state index contributed by atoms with van der Waals surface area (Å²) in [7, 11) is 0. The molecule has 1 fully saturated rings. The number of hydrogen-bond acceptors (Lipinski definition) is 5. The number of likely N-dealkylation sites (tertiary alicyclic amines) is 1. The van der Waals surface area contributed by atoms with E-state index in [9.17, 15) is 9.59 Å². The summed E-state index contributed by atoms with van der Waals surface area (Å²) in [5, 5.41) is 5.07. The maximum absolute atomic E-state index is 13.3. The summed E-state index contributed by atoms with van der Waals surface area (Å²) in [4.78, 5) is 37.2. The van der Waals surface area contributed by atoms with Gasteiger partial charge in [-0.3, -0.25) is 14.6 Å². The fraction of sp³-hybridized carbons (Fsp3) is 0.280. The lowest BCUT2D eigenvalue weighted by atomic mass is 9.72. The van der Waals surface area contributed by atoms with Crippen molar-refractivity contribution in [1.29, 1.82) is 0 Å². The van der Waals surface area contributed by atoms with Crippen molar-refractivity contribution in [3.05, 3.63) is 84.3 Å². The molecule has 4 rings (SSSR count). The van der Waals surface area contributed by atoms with Crippen LogP contribution in [-0.2, 0) is 11.2 Å². The van der Waals surface area contributed by atoms with Crippen molar-refractivity contribution in [1.82, 2.24) is 20.2 Å². The second-order valence-corrected chi connectivity index (χ2v) is 8.96. The van der Waals surface area contributed by atoms with E-state index in [4.69, 9.17) is 0 Å². The Bertz CT molecular complexity index is 1070. The molecule has 0 radical (unpaired) electrons. The lowest BCUT2D eigenvalue weighted by Gasteiger charge is -2.40. The number of benzene rings is 1. The summed E-state index contributed by atoms with van der Waals surface area (Å²) in [5.74, 6) is -0.122. The Hall–Kier alpha value is -3.32. The molecule has 3 heterocycles. The van der Waals surface area contributed by atoms with E-state index in [0.717, 1.165) is 11.1 Å². The van der Waals surface area contributed by atoms with E-state index in [-0.39, 0.29) is 11.8 Å². The lowest BCUT2D eigenvalue weighted by Crippen LogP contribution is -2.51. The molecule has 1 N–H and O–H groups in total. The number of rotatable bonds is 7. The average molecular weight is 447 g/mol. The highest BCUT2D eigenvalue weighted by Gasteiger charge is 2.42. The molecule has 0 aliphatic carbocycles. The molecule has 2 amide bonds. The molecule has 7 heteroatoms. The van der Waals surface area contributed by atoms with Crippen LogP contribution in [0, 0.1) is 5.41 Å². The molecule has 0 unspecified atom stereocenters. The summed E-state index contributed by atoms with van der Waals surface area (Å²) in [6.07, 6.45) is 8.04. The van der Waals surface area contributed by atoms with Crippen molar-refractivity contribution in [3.8, 4) is 10.4 Å². The predicted octanol–water partition coefficient (Wildman–Crippen LogP) is 3.97. The van der Waals surface area contributed by atoms with Crippen LogP contribution in [0.3, 0.4) is 0 Å². The van der Waals surface area contributed by atoms with Crippen LogP contribution >= 0.6 is 11.3 Å². The summed E-state index contributed by atoms with van der Waals surface area (Å²) in [5.41, 5.74) is 2.04. The molecule has 164 valence electrons. The minimum absolute atomic E-state index is 0.0190. The molecule has 1 aliphatic heterocycles. The number of nitrogens with zero attached hydrogens (tertiary/aromatic N) is 3. The van der Waals surface area contributed by atoms with E-state index in [1.807, 2.05) is 12.1 Å². The third-order valence-corrected chi connectivity index (χ3v) is 6.87. The molecule has 1 aromatic carbocycles. The molecule has 0 atom stereocenters. The standard InChI is InChI=1S/C25H26N4O2S/c1-2-10-28-24(31)25(17-19-5-3-6-20(16-19)22-7-4-15-32-22)8-13-29(14-9-25)23(30)21-18-26-11-12-27-21/h2-7,11-12,15-16,18H,1,8-10,13-14,17H2,(H,28,31). The number of carbonyl (C=O) groups excluding carboxylic acids is 2. The van der Waals surface area contributed by atoms with Crippen LogP contribution in [0.25, 0.3) is 10.4 Å². The summed E-state index contributed by atoms with van der Waals surface area (Å²) in [6, 6.07) is 12.5. The Morgan fingerprint density at radius 3 is 2.72 bits per heavy atom. The monoisotopic (exact) mass is 446 g/mol. The molecule has 0 spiro atoms. The Balaban J connectivity index is 1.54. The van der Waals surface area contributed by atoms with Crippen LogP contribution in [-0.4, -0.2) is 46.3 Å². The van der Waals surface area contributed by atoms with Crippen LogP contribution in [0.5, 0.6) is 0 Å². The zero-order valence-electron chi connectivity index (χ0n) is 17.9. The first-order valence-electron chi connectivity index (χ1n) is 10.7. The highest BCUT2D eigenvalue weighted by Crippen LogP contribution is 2.37. The highest BCUT2D eigenvalue weighted by atomic mass is 32.1. The van der Waals surface area contributed by atoms with E-state index >= 15 is 0 Å². The van der Waals surface area contributed by atoms with Gasteiger partial charge in [-0.15, -0.1) is 17.9 Å². The normalized spacial score (nSPS) is 15.2. The maximum Gasteiger partial charge on any atom is 0.274 e. The summed E-state index contributed by atoms with van der Waals surface area (Å²) in [6.45, 7) is 5.15. The van der Waals surface area contributed by atoms with Crippen LogP contribution < -0.4 is 5.32 Å². The number of thiophene rings is 1. The van der Waals surface area contributed by atoms with Crippen molar-refractivity contribution in [2.75, 3.05) is 19.6 Å². The average Bonchev–Trinajstić information content (AvgIpc) is 3.38. The zero-order valence-corrected chi connectivity index (χ0v) is 18.7. The fourth-order valence-electron chi connectivity index (χ4n) is 4.21. The van der Waals surface area contributed by atoms with Gasteiger partial charge in [0.15, 0.2) is 0 Å². The van der Waals surface area contributed by atoms with Gasteiger partial charge in [0.25, 0.3) is 5.91 Å². The SMILES string of the molecule is C=CCNC(=O)C1(Cc2cccc(-c3cccs3)c2)CCN(C(=O)c2cnccn2)CC1. The molecule has 32 heavy (non-hydrogen) atoms. The number of amides is 2. The molecule has 1 aliphatic rings. The van der Waals surface area contributed by atoms with Crippen LogP contribution in [0.2, 0.25) is 0 Å². The second kappa shape index (κ2) is 9.87. The van der Waals surface area contributed by atoms with Gasteiger partial charge in [-0.05, 0) is 41.8 Å². The number of aromatic nitrogens is 2. The third kappa shape index (κ3) is 4.78. The Labute approximate surface area is 192 Å². The smallest absolute Gasteiger partial charge is 0.274 e. The van der Waals surface area contributed by atoms with Crippen LogP contribution in [0.4, 0.5) is 0 Å². The fourth-order valence-corrected chi connectivity index (χ4v) is 4.94. The summed E-state index contributed by atoms with van der Waals surface area (Å²) < 4.78 is 0. The second-order valence-electron chi connectivity index (χ2n) is 8.02. The van der Waals surface area contributed by atoms with Crippen LogP contribution in [0.15, 0.2) is 73.0 Å². The van der Waals surface area contributed by atoms with E-state index in [2.05, 4.69) is 51.5 Å². The zero-order chi connectivity index (χ0) is 22.4. The Kier molecular flexibility index (Phi) is 6.75. The van der Waals surface area contributed by atoms with Crippen molar-refractivity contribution >= 4 is 23.2 Å². The van der Waals surface area contributed by atoms with E-state index in [0.29, 0.717) is 44.6 Å². The Morgan fingerprint density at radius 1 is 1.19 bits per heavy atom. The molecule has 0 saturated carbocycles. The molecule has 6 nitrogen and oxygen atoms in total. The van der Waals surface area contributed by atoms with E-state index in [1.165, 1.54) is 17.3 Å². The molecule has 1 saturated heterocycles. The largest absolute Gasteiger partial charge is 0.352 e. The van der Waals surface area contributed by atoms with Gasteiger partial charge in [-0.2, -0.15) is 0 Å². The van der Waals surface area contributed by atoms with Gasteiger partial charge in [0, 0.05) is 36.9 Å². The van der Waals surface area contributed by atoms with Gasteiger partial charge in [-0.1, -0.05) is 36.4 Å². The number of carbonyl (C=O) groups is 2. The highest BCUT2D eigenvalue weighted by molar-refractivity contribution is 7.13. The molecule has 0 bridgehead atoms. The minimum atomic E-state index is -0.573. The summed E-state index contributed by atoms with van der Waals surface area (Å²) >= 11 is 1.70. The quantitative estimate of drug-likeness (QED) is 0.557. The van der Waals surface area contributed by atoms with Gasteiger partial charge in [0.05, 0.1) is 11.6 Å². The van der Waals surface area contributed by atoms with Gasteiger partial charge >= 0.3 is 0 Å². The lowest BCUT2D eigenvalue weighted by molar-refractivity contribution is -0.133. The van der Waals surface area contributed by atoms with E-state index < -0.39 is 5.41 Å². The van der Waals surface area contributed by atoms with Crippen molar-refractivity contribution in [2.45, 2.75) is 19.3 Å². The molecular weight excluding hydrogens is 420 g/mol. The Morgan fingerprint density at radius 2 is 2.03 bits per heavy atom. The van der Waals surface area contributed by atoms with E-state index in [1.54, 1.807) is 28.5 Å². The third-order valence-electron chi connectivity index (χ3n) is 5.95. The van der Waals surface area contributed by atoms with Crippen LogP contribution in [0.1, 0.15) is 28.9 Å². The first-order valence-corrected chi connectivity index (χ1v) is 11.6. The van der Waals surface area contributed by atoms with Gasteiger partial charge in [0.2, 0.25) is 5.91 Å². The topological polar surface area (TPSA) is 75.2 Å². The van der Waals surface area contributed by atoms with Crippen molar-refractivity contribution in [2.24, 2.45) is 5.41 Å². The number of hydrogen-bond donors (Lipinski definition) is 1. The first kappa shape index (κ1) is 21.9. The minimum Gasteiger partial charge on any atom is -0.352 e. The predicted molar refractivity (Wildman–Crippen MR) is 126 cm³/mol. The maximum atomic E-state index is 13.3. The van der Waals surface area contributed by atoms with Crippen molar-refractivity contribution < 1.29 is 9.59 Å². The number of nitrogens with one attached hydrogen (secondary N) is 1. The molecular formula is C25H26N4O2S.